The zero-order valence-corrected chi connectivity index (χ0v) is 8.78. The van der Waals surface area contributed by atoms with Crippen molar-refractivity contribution in [2.24, 2.45) is 0 Å². The van der Waals surface area contributed by atoms with Gasteiger partial charge in [-0.2, -0.15) is 8.78 Å². The Morgan fingerprint density at radius 3 is 2.65 bits per heavy atom. The van der Waals surface area contributed by atoms with Crippen molar-refractivity contribution in [1.29, 1.82) is 0 Å². The Morgan fingerprint density at radius 2 is 2.12 bits per heavy atom. The summed E-state index contributed by atoms with van der Waals surface area (Å²) in [5.74, 6) is -2.50. The maximum Gasteiger partial charge on any atom is 0.387 e. The van der Waals surface area contributed by atoms with Crippen LogP contribution in [0.5, 0.6) is 5.75 Å². The Morgan fingerprint density at radius 1 is 1.47 bits per heavy atom. The molecule has 1 N–H and O–H groups in total. The zero-order chi connectivity index (χ0) is 13.0. The summed E-state index contributed by atoms with van der Waals surface area (Å²) in [5.41, 5.74) is -0.107. The van der Waals surface area contributed by atoms with Gasteiger partial charge >= 0.3 is 12.6 Å². The van der Waals surface area contributed by atoms with Crippen molar-refractivity contribution in [3.05, 3.63) is 35.2 Å². The normalized spacial score (nSPS) is 11.1. The quantitative estimate of drug-likeness (QED) is 0.831. The van der Waals surface area contributed by atoms with Gasteiger partial charge in [0, 0.05) is 6.08 Å². The summed E-state index contributed by atoms with van der Waals surface area (Å²) in [5, 5.41) is 8.41. The number of carboxylic acids is 1. The number of alkyl halides is 2. The molecule has 1 rings (SSSR count). The molecule has 0 heterocycles. The molecule has 92 valence electrons. The molecule has 0 amide bonds. The van der Waals surface area contributed by atoms with Crippen molar-refractivity contribution >= 4 is 12.0 Å². The lowest BCUT2D eigenvalue weighted by Crippen LogP contribution is -2.05. The number of rotatable bonds is 4. The van der Waals surface area contributed by atoms with Gasteiger partial charge in [0.25, 0.3) is 0 Å². The molecule has 0 atom stereocenters. The van der Waals surface area contributed by atoms with Crippen LogP contribution in [0.25, 0.3) is 6.08 Å². The van der Waals surface area contributed by atoms with E-state index in [0.717, 1.165) is 12.1 Å². The van der Waals surface area contributed by atoms with Crippen molar-refractivity contribution in [1.82, 2.24) is 0 Å². The molecule has 17 heavy (non-hydrogen) atoms. The first kappa shape index (κ1) is 13.1. The average Bonchev–Trinajstić information content (AvgIpc) is 2.22. The van der Waals surface area contributed by atoms with Crippen LogP contribution in [0.1, 0.15) is 11.1 Å². The smallest absolute Gasteiger partial charge is 0.387 e. The summed E-state index contributed by atoms with van der Waals surface area (Å²) in [4.78, 5) is 10.3. The van der Waals surface area contributed by atoms with Crippen molar-refractivity contribution in [2.75, 3.05) is 0 Å². The fourth-order valence-electron chi connectivity index (χ4n) is 1.19. The van der Waals surface area contributed by atoms with Crippen LogP contribution >= 0.6 is 0 Å². The second-order valence-corrected chi connectivity index (χ2v) is 3.16. The van der Waals surface area contributed by atoms with E-state index in [-0.39, 0.29) is 11.1 Å². The van der Waals surface area contributed by atoms with E-state index in [1.807, 2.05) is 0 Å². The van der Waals surface area contributed by atoms with Gasteiger partial charge in [0.2, 0.25) is 0 Å². The van der Waals surface area contributed by atoms with Crippen molar-refractivity contribution < 1.29 is 27.8 Å². The third-order valence-corrected chi connectivity index (χ3v) is 1.94. The van der Waals surface area contributed by atoms with E-state index in [9.17, 15) is 18.0 Å². The first-order valence-electron chi connectivity index (χ1n) is 4.56. The lowest BCUT2D eigenvalue weighted by Gasteiger charge is -2.10. The molecule has 0 fully saturated rings. The van der Waals surface area contributed by atoms with E-state index in [1.165, 1.54) is 13.0 Å². The fraction of sp³-hybridized carbons (Fsp3) is 0.182. The van der Waals surface area contributed by atoms with Crippen LogP contribution in [-0.4, -0.2) is 17.7 Å². The molecule has 0 aromatic heterocycles. The molecule has 0 aliphatic rings. The van der Waals surface area contributed by atoms with Crippen LogP contribution in [0.4, 0.5) is 13.2 Å². The average molecular weight is 246 g/mol. The highest BCUT2D eigenvalue weighted by atomic mass is 19.3. The van der Waals surface area contributed by atoms with Gasteiger partial charge in [-0.25, -0.2) is 9.18 Å². The van der Waals surface area contributed by atoms with E-state index in [4.69, 9.17) is 5.11 Å². The van der Waals surface area contributed by atoms with E-state index < -0.39 is 24.1 Å². The maximum absolute atomic E-state index is 13.6. The van der Waals surface area contributed by atoms with Gasteiger partial charge in [-0.05, 0) is 24.6 Å². The molecule has 0 aliphatic heterocycles. The number of halogens is 3. The minimum Gasteiger partial charge on any atom is -0.478 e. The lowest BCUT2D eigenvalue weighted by atomic mass is 10.1. The maximum atomic E-state index is 13.6. The molecule has 0 bridgehead atoms. The Bertz CT molecular complexity index is 456. The van der Waals surface area contributed by atoms with Gasteiger partial charge in [-0.1, -0.05) is 6.07 Å². The van der Waals surface area contributed by atoms with Gasteiger partial charge in [0.15, 0.2) is 0 Å². The predicted molar refractivity (Wildman–Crippen MR) is 54.4 cm³/mol. The third-order valence-electron chi connectivity index (χ3n) is 1.94. The van der Waals surface area contributed by atoms with Crippen LogP contribution < -0.4 is 4.74 Å². The molecule has 6 heteroatoms. The third kappa shape index (κ3) is 3.51. The molecule has 1 aromatic rings. The highest BCUT2D eigenvalue weighted by molar-refractivity contribution is 5.86. The number of carboxylic acid groups (broad SMARTS) is 1. The monoisotopic (exact) mass is 246 g/mol. The summed E-state index contributed by atoms with van der Waals surface area (Å²) >= 11 is 0. The van der Waals surface area contributed by atoms with Gasteiger partial charge in [-0.15, -0.1) is 0 Å². The topological polar surface area (TPSA) is 46.5 Å². The summed E-state index contributed by atoms with van der Waals surface area (Å²) in [6.45, 7) is -1.67. The molecule has 0 unspecified atom stereocenters. The number of benzene rings is 1. The van der Waals surface area contributed by atoms with E-state index in [1.54, 1.807) is 0 Å². The first-order valence-corrected chi connectivity index (χ1v) is 4.56. The van der Waals surface area contributed by atoms with Crippen molar-refractivity contribution in [3.8, 4) is 5.75 Å². The molecular weight excluding hydrogens is 237 g/mol. The second-order valence-electron chi connectivity index (χ2n) is 3.16. The highest BCUT2D eigenvalue weighted by Gasteiger charge is 2.13. The predicted octanol–water partition coefficient (Wildman–Crippen LogP) is 2.83. The van der Waals surface area contributed by atoms with Gasteiger partial charge < -0.3 is 9.84 Å². The molecule has 0 radical (unpaired) electrons. The van der Waals surface area contributed by atoms with Gasteiger partial charge in [0.05, 0.1) is 5.56 Å². The zero-order valence-electron chi connectivity index (χ0n) is 8.78. The summed E-state index contributed by atoms with van der Waals surface area (Å²) < 4.78 is 41.8. The molecule has 0 aliphatic carbocycles. The SMILES string of the molecule is Cc1ccc(OC(F)F)c(/C=C/C(=O)O)c1F. The first-order chi connectivity index (χ1) is 7.91. The van der Waals surface area contributed by atoms with Crippen molar-refractivity contribution in [2.45, 2.75) is 13.5 Å². The fourth-order valence-corrected chi connectivity index (χ4v) is 1.19. The molecule has 0 saturated heterocycles. The molecule has 0 spiro atoms. The van der Waals surface area contributed by atoms with E-state index >= 15 is 0 Å². The minimum atomic E-state index is -3.10. The Hall–Kier alpha value is -1.98. The number of ether oxygens (including phenoxy) is 1. The largest absolute Gasteiger partial charge is 0.478 e. The van der Waals surface area contributed by atoms with Crippen LogP contribution in [0.2, 0.25) is 0 Å². The number of hydrogen-bond acceptors (Lipinski definition) is 2. The standard InChI is InChI=1S/C11H9F3O3/c1-6-2-4-8(17-11(13)14)7(10(6)12)3-5-9(15)16/h2-5,11H,1H3,(H,15,16)/b5-3+. The minimum absolute atomic E-state index is 0.205. The lowest BCUT2D eigenvalue weighted by molar-refractivity contribution is -0.131. The number of aryl methyl sites for hydroxylation is 1. The summed E-state index contributed by atoms with van der Waals surface area (Å²) in [6, 6.07) is 2.43. The van der Waals surface area contributed by atoms with E-state index in [2.05, 4.69) is 4.74 Å². The van der Waals surface area contributed by atoms with Gasteiger partial charge in [0.1, 0.15) is 11.6 Å². The van der Waals surface area contributed by atoms with Crippen LogP contribution in [0.3, 0.4) is 0 Å². The van der Waals surface area contributed by atoms with Crippen LogP contribution in [0.15, 0.2) is 18.2 Å². The van der Waals surface area contributed by atoms with E-state index in [0.29, 0.717) is 6.08 Å². The second kappa shape index (κ2) is 5.38. The number of aliphatic carboxylic acids is 1. The molecule has 1 aromatic carbocycles. The Labute approximate surface area is 95.1 Å². The molecule has 0 saturated carbocycles. The number of carbonyl (C=O) groups is 1. The van der Waals surface area contributed by atoms with Crippen LogP contribution in [-0.2, 0) is 4.79 Å². The number of hydrogen-bond donors (Lipinski definition) is 1. The Kier molecular flexibility index (Phi) is 4.14. The van der Waals surface area contributed by atoms with Crippen molar-refractivity contribution in [3.63, 3.8) is 0 Å². The highest BCUT2D eigenvalue weighted by Crippen LogP contribution is 2.27. The summed E-state index contributed by atoms with van der Waals surface area (Å²) in [7, 11) is 0. The molecular formula is C11H9F3O3. The Balaban J connectivity index is 3.21. The van der Waals surface area contributed by atoms with Gasteiger partial charge in [-0.3, -0.25) is 0 Å². The van der Waals surface area contributed by atoms with Crippen LogP contribution in [0, 0.1) is 12.7 Å². The molecule has 3 nitrogen and oxygen atoms in total. The summed E-state index contributed by atoms with van der Waals surface area (Å²) in [6.07, 6.45) is 1.53.